The van der Waals surface area contributed by atoms with Gasteiger partial charge in [-0.2, -0.15) is 9.37 Å². The number of fused-ring (bicyclic) bond motifs is 1. The smallest absolute Gasteiger partial charge is 0.254 e. The monoisotopic (exact) mass is 512 g/mol. The average Bonchev–Trinajstić information content (AvgIpc) is 2.86. The van der Waals surface area contributed by atoms with E-state index in [1.807, 2.05) is 23.9 Å². The van der Waals surface area contributed by atoms with Gasteiger partial charge in [0.25, 0.3) is 5.91 Å². The molecule has 0 radical (unpaired) electrons. The lowest BCUT2D eigenvalue weighted by molar-refractivity contribution is 0.0941. The number of benzene rings is 2. The van der Waals surface area contributed by atoms with Crippen molar-refractivity contribution in [1.29, 1.82) is 0 Å². The molecular weight excluding hydrogens is 485 g/mol. The molecule has 0 aliphatic carbocycles. The van der Waals surface area contributed by atoms with Crippen LogP contribution in [0, 0.1) is 17.6 Å². The molecule has 0 atom stereocenters. The van der Waals surface area contributed by atoms with Crippen LogP contribution in [0.15, 0.2) is 24.3 Å². The lowest BCUT2D eigenvalue weighted by Crippen LogP contribution is -2.37. The number of halogens is 3. The third-order valence-electron chi connectivity index (χ3n) is 6.53. The van der Waals surface area contributed by atoms with Gasteiger partial charge >= 0.3 is 0 Å². The Bertz CT molecular complexity index is 1380. The van der Waals surface area contributed by atoms with E-state index in [1.165, 1.54) is 6.07 Å². The number of hydrogen-bond acceptors (Lipinski definition) is 7. The highest BCUT2D eigenvalue weighted by Gasteiger charge is 2.26. The van der Waals surface area contributed by atoms with Crippen molar-refractivity contribution in [1.82, 2.24) is 20.2 Å². The number of nitrogen functional groups attached to an aromatic ring is 1. The molecule has 3 aromatic rings. The fourth-order valence-corrected chi connectivity index (χ4v) is 4.82. The molecule has 2 aliphatic heterocycles. The summed E-state index contributed by atoms with van der Waals surface area (Å²) in [7, 11) is 3.64. The van der Waals surface area contributed by atoms with Crippen LogP contribution in [0.1, 0.15) is 21.5 Å². The molecule has 1 fully saturated rings. The summed E-state index contributed by atoms with van der Waals surface area (Å²) in [6.07, 6.45) is 0.415. The van der Waals surface area contributed by atoms with Crippen LogP contribution in [-0.4, -0.2) is 67.7 Å². The van der Waals surface area contributed by atoms with Crippen molar-refractivity contribution < 1.29 is 22.7 Å². The lowest BCUT2D eigenvalue weighted by atomic mass is 9.95. The van der Waals surface area contributed by atoms with Crippen molar-refractivity contribution in [3.05, 3.63) is 58.5 Å². The number of carbonyl (C=O) groups excluding carboxylic acids is 1. The Morgan fingerprint density at radius 1 is 1.11 bits per heavy atom. The van der Waals surface area contributed by atoms with Gasteiger partial charge in [-0.1, -0.05) is 0 Å². The molecule has 0 bridgehead atoms. The summed E-state index contributed by atoms with van der Waals surface area (Å²) in [5.74, 6) is -3.16. The summed E-state index contributed by atoms with van der Waals surface area (Å²) in [4.78, 5) is 24.0. The predicted molar refractivity (Wildman–Crippen MR) is 134 cm³/mol. The SMILES string of the molecule is CN(C)Cc1c(N2CCOCC2)ccc(-c2nc(-c3cc(F)c4c(c3)CCNC4=O)c(N)nc2F)c1F. The molecule has 2 aliphatic rings. The number of rotatable bonds is 5. The Morgan fingerprint density at radius 2 is 1.86 bits per heavy atom. The number of morpholine rings is 1. The Hall–Kier alpha value is -3.70. The number of hydrogen-bond donors (Lipinski definition) is 2. The van der Waals surface area contributed by atoms with E-state index in [1.54, 1.807) is 12.1 Å². The molecule has 0 spiro atoms. The van der Waals surface area contributed by atoms with Crippen molar-refractivity contribution in [3.63, 3.8) is 0 Å². The second-order valence-corrected chi connectivity index (χ2v) is 9.36. The maximum Gasteiger partial charge on any atom is 0.254 e. The van der Waals surface area contributed by atoms with Crippen molar-refractivity contribution in [2.75, 3.05) is 57.6 Å². The van der Waals surface area contributed by atoms with E-state index in [0.717, 1.165) is 6.07 Å². The third-order valence-corrected chi connectivity index (χ3v) is 6.53. The molecule has 1 amide bonds. The molecule has 1 saturated heterocycles. The van der Waals surface area contributed by atoms with Crippen molar-refractivity contribution in [2.24, 2.45) is 0 Å². The van der Waals surface area contributed by atoms with Gasteiger partial charge in [0.15, 0.2) is 5.82 Å². The van der Waals surface area contributed by atoms with Gasteiger partial charge in [0, 0.05) is 48.6 Å². The van der Waals surface area contributed by atoms with Crippen LogP contribution < -0.4 is 16.0 Å². The highest BCUT2D eigenvalue weighted by Crippen LogP contribution is 2.36. The first-order valence-electron chi connectivity index (χ1n) is 12.0. The summed E-state index contributed by atoms with van der Waals surface area (Å²) in [6, 6.07) is 5.93. The van der Waals surface area contributed by atoms with Gasteiger partial charge < -0.3 is 25.6 Å². The van der Waals surface area contributed by atoms with Crippen LogP contribution in [0.2, 0.25) is 0 Å². The summed E-state index contributed by atoms with van der Waals surface area (Å²) >= 11 is 0. The first-order valence-corrected chi connectivity index (χ1v) is 12.0. The molecule has 1 aromatic heterocycles. The Balaban J connectivity index is 1.63. The van der Waals surface area contributed by atoms with E-state index in [2.05, 4.69) is 15.3 Å². The normalized spacial score (nSPS) is 15.6. The van der Waals surface area contributed by atoms with Gasteiger partial charge in [-0.25, -0.2) is 13.8 Å². The molecule has 3 heterocycles. The zero-order valence-electron chi connectivity index (χ0n) is 20.6. The second-order valence-electron chi connectivity index (χ2n) is 9.36. The molecule has 0 unspecified atom stereocenters. The van der Waals surface area contributed by atoms with E-state index in [0.29, 0.717) is 56.1 Å². The molecule has 5 rings (SSSR count). The number of carbonyl (C=O) groups is 1. The maximum absolute atomic E-state index is 16.0. The highest BCUT2D eigenvalue weighted by molar-refractivity contribution is 5.97. The second kappa shape index (κ2) is 9.98. The minimum atomic E-state index is -1.03. The number of nitrogens with zero attached hydrogens (tertiary/aromatic N) is 4. The fourth-order valence-electron chi connectivity index (χ4n) is 4.82. The number of anilines is 2. The molecular formula is C26H27F3N6O2. The van der Waals surface area contributed by atoms with Gasteiger partial charge in [0.2, 0.25) is 5.95 Å². The summed E-state index contributed by atoms with van der Waals surface area (Å²) < 4.78 is 51.4. The highest BCUT2D eigenvalue weighted by atomic mass is 19.1. The average molecular weight is 513 g/mol. The molecule has 8 nitrogen and oxygen atoms in total. The van der Waals surface area contributed by atoms with Gasteiger partial charge in [-0.3, -0.25) is 4.79 Å². The topological polar surface area (TPSA) is 96.6 Å². The van der Waals surface area contributed by atoms with Crippen molar-refractivity contribution in [3.8, 4) is 22.5 Å². The molecule has 194 valence electrons. The number of aromatic nitrogens is 2. The molecule has 2 aromatic carbocycles. The number of nitrogens with one attached hydrogen (secondary N) is 1. The van der Waals surface area contributed by atoms with Crippen molar-refractivity contribution >= 4 is 17.4 Å². The van der Waals surface area contributed by atoms with E-state index >= 15 is 8.78 Å². The third kappa shape index (κ3) is 4.72. The molecule has 11 heteroatoms. The number of amides is 1. The van der Waals surface area contributed by atoms with Crippen LogP contribution in [0.25, 0.3) is 22.5 Å². The lowest BCUT2D eigenvalue weighted by Gasteiger charge is -2.31. The van der Waals surface area contributed by atoms with Gasteiger partial charge in [-0.05, 0) is 50.3 Å². The van der Waals surface area contributed by atoms with Crippen molar-refractivity contribution in [2.45, 2.75) is 13.0 Å². The summed E-state index contributed by atoms with van der Waals surface area (Å²) in [6.45, 7) is 2.93. The largest absolute Gasteiger partial charge is 0.382 e. The molecule has 0 saturated carbocycles. The molecule has 37 heavy (non-hydrogen) atoms. The minimum Gasteiger partial charge on any atom is -0.382 e. The maximum atomic E-state index is 16.0. The van der Waals surface area contributed by atoms with E-state index < -0.39 is 23.5 Å². The van der Waals surface area contributed by atoms with E-state index in [9.17, 15) is 9.18 Å². The van der Waals surface area contributed by atoms with Crippen LogP contribution in [0.4, 0.5) is 24.7 Å². The standard InChI is InChI=1S/C26H27F3N6O2/c1-34(2)13-17-19(35-7-9-37-10-8-35)4-3-16(21(17)28)23-24(29)33-25(30)22(32-23)15-11-14-5-6-31-26(36)20(14)18(27)12-15/h3-4,11-12H,5-10,13H2,1-2H3,(H2,30,33)(H,31,36). The van der Waals surface area contributed by atoms with Gasteiger partial charge in [0.1, 0.15) is 23.0 Å². The van der Waals surface area contributed by atoms with E-state index in [-0.39, 0.29) is 40.4 Å². The first-order chi connectivity index (χ1) is 17.7. The van der Waals surface area contributed by atoms with Crippen LogP contribution in [0.5, 0.6) is 0 Å². The Kier molecular flexibility index (Phi) is 6.74. The quantitative estimate of drug-likeness (QED) is 0.543. The fraction of sp³-hybridized carbons (Fsp3) is 0.346. The zero-order chi connectivity index (χ0) is 26.3. The van der Waals surface area contributed by atoms with Crippen LogP contribution in [0.3, 0.4) is 0 Å². The minimum absolute atomic E-state index is 0.00916. The van der Waals surface area contributed by atoms with Gasteiger partial charge in [-0.15, -0.1) is 0 Å². The Labute approximate surface area is 212 Å². The first kappa shape index (κ1) is 25.0. The molecule has 3 N–H and O–H groups in total. The van der Waals surface area contributed by atoms with Gasteiger partial charge in [0.05, 0.1) is 18.8 Å². The predicted octanol–water partition coefficient (Wildman–Crippen LogP) is 2.99. The van der Waals surface area contributed by atoms with E-state index in [4.69, 9.17) is 10.5 Å². The zero-order valence-corrected chi connectivity index (χ0v) is 20.6. The number of ether oxygens (including phenoxy) is 1. The van der Waals surface area contributed by atoms with Crippen LogP contribution >= 0.6 is 0 Å². The van der Waals surface area contributed by atoms with Crippen LogP contribution in [-0.2, 0) is 17.7 Å². The Morgan fingerprint density at radius 3 is 2.59 bits per heavy atom. The summed E-state index contributed by atoms with van der Waals surface area (Å²) in [5, 5.41) is 2.60. The summed E-state index contributed by atoms with van der Waals surface area (Å²) in [5.41, 5.74) is 7.37. The number of nitrogens with two attached hydrogens (primary N) is 1.